The van der Waals surface area contributed by atoms with Crippen molar-refractivity contribution in [3.63, 3.8) is 0 Å². The maximum atomic E-state index is 12.2. The van der Waals surface area contributed by atoms with Gasteiger partial charge in [0.1, 0.15) is 0 Å². The molecule has 6 heteroatoms. The van der Waals surface area contributed by atoms with E-state index in [0.29, 0.717) is 16.3 Å². The van der Waals surface area contributed by atoms with Gasteiger partial charge in [0.05, 0.1) is 5.56 Å². The number of hydrogen-bond acceptors (Lipinski definition) is 3. The number of rotatable bonds is 5. The van der Waals surface area contributed by atoms with E-state index in [4.69, 9.17) is 17.3 Å². The van der Waals surface area contributed by atoms with Crippen LogP contribution in [0.5, 0.6) is 0 Å². The van der Waals surface area contributed by atoms with Crippen LogP contribution in [-0.4, -0.2) is 24.4 Å². The van der Waals surface area contributed by atoms with Gasteiger partial charge >= 0.3 is 0 Å². The summed E-state index contributed by atoms with van der Waals surface area (Å²) >= 11 is 5.89. The molecule has 0 atom stereocenters. The van der Waals surface area contributed by atoms with Crippen molar-refractivity contribution in [3.8, 4) is 0 Å². The maximum Gasteiger partial charge on any atom is 0.253 e. The lowest BCUT2D eigenvalue weighted by Gasteiger charge is -2.25. The Morgan fingerprint density at radius 3 is 2.53 bits per heavy atom. The van der Waals surface area contributed by atoms with Crippen LogP contribution >= 0.6 is 11.6 Å². The van der Waals surface area contributed by atoms with Gasteiger partial charge in [-0.3, -0.25) is 9.59 Å². The number of benzene rings is 1. The van der Waals surface area contributed by atoms with E-state index in [2.05, 4.69) is 10.6 Å². The Morgan fingerprint density at radius 2 is 2.00 bits per heavy atom. The molecule has 0 aliphatic carbocycles. The summed E-state index contributed by atoms with van der Waals surface area (Å²) in [5, 5.41) is 6.16. The molecule has 0 spiro atoms. The second-order valence-corrected chi connectivity index (χ2v) is 5.36. The standard InChI is InChI=1S/C13H18ClN3O2/c1-13(2,7-11(15)18)17-12(19)9-6-8(14)4-5-10(9)16-3/h4-6,16H,7H2,1-3H3,(H2,15,18)(H,17,19). The van der Waals surface area contributed by atoms with E-state index >= 15 is 0 Å². The second kappa shape index (κ2) is 5.93. The summed E-state index contributed by atoms with van der Waals surface area (Å²) in [5.41, 5.74) is 5.52. The van der Waals surface area contributed by atoms with Crippen molar-refractivity contribution < 1.29 is 9.59 Å². The molecule has 19 heavy (non-hydrogen) atoms. The molecular formula is C13H18ClN3O2. The minimum atomic E-state index is -0.712. The maximum absolute atomic E-state index is 12.2. The Labute approximate surface area is 117 Å². The number of hydrogen-bond donors (Lipinski definition) is 3. The molecule has 0 bridgehead atoms. The van der Waals surface area contributed by atoms with Crippen molar-refractivity contribution in [3.05, 3.63) is 28.8 Å². The van der Waals surface area contributed by atoms with Gasteiger partial charge in [-0.05, 0) is 32.0 Å². The number of anilines is 1. The van der Waals surface area contributed by atoms with Crippen molar-refractivity contribution >= 4 is 29.1 Å². The predicted molar refractivity (Wildman–Crippen MR) is 76.4 cm³/mol. The third kappa shape index (κ3) is 4.44. The Kier molecular flexibility index (Phi) is 4.78. The number of amides is 2. The molecule has 0 saturated heterocycles. The van der Waals surface area contributed by atoms with Gasteiger partial charge < -0.3 is 16.4 Å². The lowest BCUT2D eigenvalue weighted by Crippen LogP contribution is -2.46. The van der Waals surface area contributed by atoms with Crippen molar-refractivity contribution in [1.29, 1.82) is 0 Å². The molecule has 0 aromatic heterocycles. The average Bonchev–Trinajstić information content (AvgIpc) is 2.26. The Hall–Kier alpha value is -1.75. The molecule has 2 amide bonds. The minimum Gasteiger partial charge on any atom is -0.387 e. The summed E-state index contributed by atoms with van der Waals surface area (Å²) in [4.78, 5) is 23.2. The number of primary amides is 1. The molecule has 1 rings (SSSR count). The van der Waals surface area contributed by atoms with E-state index in [1.54, 1.807) is 39.1 Å². The van der Waals surface area contributed by atoms with Gasteiger partial charge in [0.2, 0.25) is 5.91 Å². The van der Waals surface area contributed by atoms with Crippen LogP contribution in [0.3, 0.4) is 0 Å². The molecule has 1 aromatic rings. The first-order valence-electron chi connectivity index (χ1n) is 5.83. The third-order valence-electron chi connectivity index (χ3n) is 2.56. The molecule has 104 valence electrons. The Balaban J connectivity index is 2.95. The zero-order chi connectivity index (χ0) is 14.6. The first-order chi connectivity index (χ1) is 8.75. The molecule has 1 aromatic carbocycles. The summed E-state index contributed by atoms with van der Waals surface area (Å²) in [6.07, 6.45) is 0.0637. The van der Waals surface area contributed by atoms with Crippen molar-refractivity contribution in [2.24, 2.45) is 5.73 Å². The number of carbonyl (C=O) groups is 2. The number of carbonyl (C=O) groups excluding carboxylic acids is 2. The Morgan fingerprint density at radius 1 is 1.37 bits per heavy atom. The fraction of sp³-hybridized carbons (Fsp3) is 0.385. The lowest BCUT2D eigenvalue weighted by molar-refractivity contribution is -0.119. The van der Waals surface area contributed by atoms with E-state index in [-0.39, 0.29) is 12.3 Å². The molecule has 0 saturated carbocycles. The average molecular weight is 284 g/mol. The highest BCUT2D eigenvalue weighted by atomic mass is 35.5. The van der Waals surface area contributed by atoms with Crippen LogP contribution in [0.15, 0.2) is 18.2 Å². The van der Waals surface area contributed by atoms with Crippen molar-refractivity contribution in [1.82, 2.24) is 5.32 Å². The van der Waals surface area contributed by atoms with Gasteiger partial charge in [-0.1, -0.05) is 11.6 Å². The van der Waals surface area contributed by atoms with E-state index in [0.717, 1.165) is 0 Å². The number of nitrogens with two attached hydrogens (primary N) is 1. The third-order valence-corrected chi connectivity index (χ3v) is 2.80. The van der Waals surface area contributed by atoms with E-state index in [1.165, 1.54) is 0 Å². The molecular weight excluding hydrogens is 266 g/mol. The van der Waals surface area contributed by atoms with Gasteiger partial charge in [0.15, 0.2) is 0 Å². The molecule has 5 nitrogen and oxygen atoms in total. The van der Waals surface area contributed by atoms with Crippen LogP contribution in [0.4, 0.5) is 5.69 Å². The smallest absolute Gasteiger partial charge is 0.253 e. The van der Waals surface area contributed by atoms with Gasteiger partial charge in [0, 0.05) is 29.7 Å². The number of halogens is 1. The first-order valence-corrected chi connectivity index (χ1v) is 6.21. The molecule has 0 aliphatic heterocycles. The SMILES string of the molecule is CNc1ccc(Cl)cc1C(=O)NC(C)(C)CC(N)=O. The molecule has 4 N–H and O–H groups in total. The zero-order valence-corrected chi connectivity index (χ0v) is 12.0. The van der Waals surface area contributed by atoms with E-state index in [1.807, 2.05) is 0 Å². The zero-order valence-electron chi connectivity index (χ0n) is 11.2. The van der Waals surface area contributed by atoms with Crippen LogP contribution in [0.1, 0.15) is 30.6 Å². The Bertz CT molecular complexity index is 501. The number of nitrogens with one attached hydrogen (secondary N) is 2. The van der Waals surface area contributed by atoms with Gasteiger partial charge in [0.25, 0.3) is 5.91 Å². The van der Waals surface area contributed by atoms with Crippen LogP contribution in [0, 0.1) is 0 Å². The molecule has 0 fully saturated rings. The summed E-state index contributed by atoms with van der Waals surface area (Å²) in [5.74, 6) is -0.775. The topological polar surface area (TPSA) is 84.2 Å². The molecule has 0 unspecified atom stereocenters. The van der Waals surface area contributed by atoms with Gasteiger partial charge in [-0.2, -0.15) is 0 Å². The van der Waals surface area contributed by atoms with Crippen LogP contribution in [0.25, 0.3) is 0 Å². The van der Waals surface area contributed by atoms with Gasteiger partial charge in [-0.25, -0.2) is 0 Å². The van der Waals surface area contributed by atoms with Crippen molar-refractivity contribution in [2.75, 3.05) is 12.4 Å². The van der Waals surface area contributed by atoms with Crippen LogP contribution in [0.2, 0.25) is 5.02 Å². The van der Waals surface area contributed by atoms with Crippen LogP contribution in [-0.2, 0) is 4.79 Å². The normalized spacial score (nSPS) is 10.9. The summed E-state index contributed by atoms with van der Waals surface area (Å²) in [7, 11) is 1.72. The highest BCUT2D eigenvalue weighted by Crippen LogP contribution is 2.21. The molecule has 0 radical (unpaired) electrons. The first kappa shape index (κ1) is 15.3. The summed E-state index contributed by atoms with van der Waals surface area (Å²) < 4.78 is 0. The largest absolute Gasteiger partial charge is 0.387 e. The highest BCUT2D eigenvalue weighted by molar-refractivity contribution is 6.31. The van der Waals surface area contributed by atoms with E-state index in [9.17, 15) is 9.59 Å². The molecule has 0 heterocycles. The second-order valence-electron chi connectivity index (χ2n) is 4.92. The lowest BCUT2D eigenvalue weighted by atomic mass is 9.99. The fourth-order valence-corrected chi connectivity index (χ4v) is 1.95. The molecule has 0 aliphatic rings. The van der Waals surface area contributed by atoms with Crippen LogP contribution < -0.4 is 16.4 Å². The predicted octanol–water partition coefficient (Wildman–Crippen LogP) is 1.77. The van der Waals surface area contributed by atoms with Crippen molar-refractivity contribution in [2.45, 2.75) is 25.8 Å². The highest BCUT2D eigenvalue weighted by Gasteiger charge is 2.24. The minimum absolute atomic E-state index is 0.0637. The summed E-state index contributed by atoms with van der Waals surface area (Å²) in [6, 6.07) is 4.99. The summed E-state index contributed by atoms with van der Waals surface area (Å²) in [6.45, 7) is 3.47. The van der Waals surface area contributed by atoms with E-state index < -0.39 is 11.4 Å². The van der Waals surface area contributed by atoms with Gasteiger partial charge in [-0.15, -0.1) is 0 Å². The monoisotopic (exact) mass is 283 g/mol. The quantitative estimate of drug-likeness (QED) is 0.770. The fourth-order valence-electron chi connectivity index (χ4n) is 1.78.